The van der Waals surface area contributed by atoms with Crippen molar-refractivity contribution in [2.75, 3.05) is 11.9 Å². The van der Waals surface area contributed by atoms with Crippen molar-refractivity contribution in [3.63, 3.8) is 0 Å². The number of nitrogens with one attached hydrogen (secondary N) is 1. The van der Waals surface area contributed by atoms with Gasteiger partial charge in [-0.1, -0.05) is 48.0 Å². The Kier molecular flexibility index (Phi) is 4.52. The molecule has 1 aliphatic heterocycles. The summed E-state index contributed by atoms with van der Waals surface area (Å²) in [5, 5.41) is 14.0. The number of aromatic nitrogens is 1. The zero-order valence-corrected chi connectivity index (χ0v) is 17.2. The van der Waals surface area contributed by atoms with Crippen LogP contribution in [0.15, 0.2) is 72.8 Å². The van der Waals surface area contributed by atoms with E-state index < -0.39 is 24.3 Å². The van der Waals surface area contributed by atoms with Crippen LogP contribution in [0.1, 0.15) is 26.3 Å². The van der Waals surface area contributed by atoms with E-state index in [1.807, 2.05) is 49.4 Å². The van der Waals surface area contributed by atoms with Crippen LogP contribution in [0.3, 0.4) is 0 Å². The molecule has 0 spiro atoms. The summed E-state index contributed by atoms with van der Waals surface area (Å²) >= 11 is 0. The molecule has 1 aliphatic rings. The van der Waals surface area contributed by atoms with Crippen molar-refractivity contribution < 1.29 is 19.6 Å². The first-order chi connectivity index (χ1) is 15.4. The molecule has 0 radical (unpaired) electrons. The number of fused-ring (bicyclic) bond motifs is 2. The maximum absolute atomic E-state index is 12.9. The van der Waals surface area contributed by atoms with Crippen LogP contribution in [-0.4, -0.2) is 39.1 Å². The van der Waals surface area contributed by atoms with Crippen LogP contribution in [-0.2, 0) is 4.79 Å². The lowest BCUT2D eigenvalue weighted by Crippen LogP contribution is -2.37. The van der Waals surface area contributed by atoms with Crippen molar-refractivity contribution in [1.29, 1.82) is 0 Å². The molecular formula is C25H19N3O4. The fourth-order valence-corrected chi connectivity index (χ4v) is 3.92. The molecule has 2 N–H and O–H groups in total. The molecule has 3 amide bonds. The van der Waals surface area contributed by atoms with Gasteiger partial charge in [0.25, 0.3) is 11.8 Å². The largest absolute Gasteiger partial charge is 0.428 e. The summed E-state index contributed by atoms with van der Waals surface area (Å²) in [6.07, 6.45) is 0. The number of rotatable bonds is 4. The van der Waals surface area contributed by atoms with Gasteiger partial charge < -0.3 is 10.5 Å². The third-order valence-corrected chi connectivity index (χ3v) is 5.57. The SMILES string of the molecule is Cc1ccc(NC(=O)CN2C(=O)c3cc4cc(-c5ccccc5)n(O)c4cc3C2=O)cc1. The van der Waals surface area contributed by atoms with Crippen LogP contribution in [0.2, 0.25) is 0 Å². The van der Waals surface area contributed by atoms with Crippen molar-refractivity contribution in [2.45, 2.75) is 6.92 Å². The molecule has 4 aromatic rings. The predicted molar refractivity (Wildman–Crippen MR) is 120 cm³/mol. The molecule has 0 saturated carbocycles. The van der Waals surface area contributed by atoms with E-state index in [0.717, 1.165) is 20.8 Å². The molecule has 0 saturated heterocycles. The average Bonchev–Trinajstić information content (AvgIpc) is 3.24. The molecule has 0 unspecified atom stereocenters. The van der Waals surface area contributed by atoms with E-state index in [9.17, 15) is 19.6 Å². The Bertz CT molecular complexity index is 1390. The van der Waals surface area contributed by atoms with E-state index in [1.165, 1.54) is 6.07 Å². The number of amides is 3. The van der Waals surface area contributed by atoms with Gasteiger partial charge in [0.2, 0.25) is 5.91 Å². The molecule has 7 nitrogen and oxygen atoms in total. The van der Waals surface area contributed by atoms with Gasteiger partial charge in [-0.25, -0.2) is 0 Å². The van der Waals surface area contributed by atoms with Gasteiger partial charge in [-0.05, 0) is 37.3 Å². The lowest BCUT2D eigenvalue weighted by Gasteiger charge is -2.13. The average molecular weight is 425 g/mol. The summed E-state index contributed by atoms with van der Waals surface area (Å²) in [5.74, 6) is -1.56. The van der Waals surface area contributed by atoms with Gasteiger partial charge in [-0.3, -0.25) is 19.3 Å². The Labute approximate surface area is 183 Å². The van der Waals surface area contributed by atoms with Gasteiger partial charge in [0.1, 0.15) is 6.54 Å². The zero-order valence-electron chi connectivity index (χ0n) is 17.2. The minimum Gasteiger partial charge on any atom is -0.428 e. The van der Waals surface area contributed by atoms with E-state index in [-0.39, 0.29) is 11.1 Å². The fourth-order valence-electron chi connectivity index (χ4n) is 3.92. The lowest BCUT2D eigenvalue weighted by molar-refractivity contribution is -0.116. The van der Waals surface area contributed by atoms with Gasteiger partial charge in [-0.15, -0.1) is 0 Å². The molecule has 5 rings (SSSR count). The molecule has 0 atom stereocenters. The molecule has 32 heavy (non-hydrogen) atoms. The summed E-state index contributed by atoms with van der Waals surface area (Å²) in [4.78, 5) is 39.2. The summed E-state index contributed by atoms with van der Waals surface area (Å²) in [7, 11) is 0. The van der Waals surface area contributed by atoms with Crippen LogP contribution >= 0.6 is 0 Å². The van der Waals surface area contributed by atoms with Crippen LogP contribution in [0.25, 0.3) is 22.2 Å². The Morgan fingerprint density at radius 3 is 2.25 bits per heavy atom. The highest BCUT2D eigenvalue weighted by Gasteiger charge is 2.37. The summed E-state index contributed by atoms with van der Waals surface area (Å²) in [6.45, 7) is 1.55. The van der Waals surface area contributed by atoms with Crippen LogP contribution in [0.4, 0.5) is 5.69 Å². The zero-order chi connectivity index (χ0) is 22.4. The molecule has 7 heteroatoms. The molecule has 0 aliphatic carbocycles. The van der Waals surface area contributed by atoms with E-state index in [2.05, 4.69) is 5.32 Å². The highest BCUT2D eigenvalue weighted by Crippen LogP contribution is 2.32. The maximum Gasteiger partial charge on any atom is 0.262 e. The van der Waals surface area contributed by atoms with Gasteiger partial charge in [0.15, 0.2) is 0 Å². The number of hydrogen-bond donors (Lipinski definition) is 2. The molecule has 3 aromatic carbocycles. The third-order valence-electron chi connectivity index (χ3n) is 5.57. The smallest absolute Gasteiger partial charge is 0.262 e. The van der Waals surface area contributed by atoms with Crippen molar-refractivity contribution in [2.24, 2.45) is 0 Å². The second kappa shape index (κ2) is 7.39. The first-order valence-electron chi connectivity index (χ1n) is 10.1. The van der Waals surface area contributed by atoms with E-state index in [1.54, 1.807) is 24.3 Å². The number of aryl methyl sites for hydroxylation is 1. The Balaban J connectivity index is 1.43. The molecule has 158 valence electrons. The van der Waals surface area contributed by atoms with Crippen molar-refractivity contribution >= 4 is 34.3 Å². The molecule has 1 aromatic heterocycles. The van der Waals surface area contributed by atoms with Gasteiger partial charge in [0.05, 0.1) is 22.3 Å². The van der Waals surface area contributed by atoms with E-state index in [4.69, 9.17) is 0 Å². The Hall–Kier alpha value is -4.39. The fraction of sp³-hybridized carbons (Fsp3) is 0.0800. The Morgan fingerprint density at radius 1 is 0.906 bits per heavy atom. The second-order valence-electron chi connectivity index (χ2n) is 7.77. The molecular weight excluding hydrogens is 406 g/mol. The van der Waals surface area contributed by atoms with Crippen molar-refractivity contribution in [3.05, 3.63) is 89.5 Å². The van der Waals surface area contributed by atoms with Crippen molar-refractivity contribution in [3.8, 4) is 11.3 Å². The maximum atomic E-state index is 12.9. The number of imide groups is 1. The van der Waals surface area contributed by atoms with Crippen LogP contribution < -0.4 is 5.32 Å². The van der Waals surface area contributed by atoms with E-state index in [0.29, 0.717) is 22.3 Å². The summed E-state index contributed by atoms with van der Waals surface area (Å²) in [6, 6.07) is 21.4. The van der Waals surface area contributed by atoms with Crippen LogP contribution in [0.5, 0.6) is 0 Å². The van der Waals surface area contributed by atoms with Gasteiger partial charge in [0, 0.05) is 16.6 Å². The number of benzene rings is 3. The number of hydrogen-bond acceptors (Lipinski definition) is 4. The molecule has 0 fully saturated rings. The number of nitrogens with zero attached hydrogens (tertiary/aromatic N) is 2. The predicted octanol–water partition coefficient (Wildman–Crippen LogP) is 4.09. The number of anilines is 1. The van der Waals surface area contributed by atoms with Gasteiger partial charge >= 0.3 is 0 Å². The topological polar surface area (TPSA) is 91.6 Å². The minimum atomic E-state index is -0.562. The summed E-state index contributed by atoms with van der Waals surface area (Å²) < 4.78 is 1.01. The molecule has 2 heterocycles. The highest BCUT2D eigenvalue weighted by molar-refractivity contribution is 6.24. The van der Waals surface area contributed by atoms with Crippen LogP contribution in [0, 0.1) is 6.92 Å². The third kappa shape index (κ3) is 3.20. The highest BCUT2D eigenvalue weighted by atomic mass is 16.5. The van der Waals surface area contributed by atoms with E-state index >= 15 is 0 Å². The second-order valence-corrected chi connectivity index (χ2v) is 7.77. The lowest BCUT2D eigenvalue weighted by atomic mass is 10.1. The first kappa shape index (κ1) is 19.6. The normalized spacial score (nSPS) is 13.0. The standard InChI is InChI=1S/C25H19N3O4/c1-15-7-9-18(10-8-15)26-23(29)14-27-24(30)19-11-17-12-21(16-5-3-2-4-6-16)28(32)22(17)13-20(19)25(27)31/h2-13,32H,14H2,1H3,(H,26,29). The van der Waals surface area contributed by atoms with Crippen molar-refractivity contribution in [1.82, 2.24) is 9.63 Å². The Morgan fingerprint density at radius 2 is 1.56 bits per heavy atom. The minimum absolute atomic E-state index is 0.165. The summed E-state index contributed by atoms with van der Waals surface area (Å²) in [5.41, 5.74) is 3.80. The number of carbonyl (C=O) groups excluding carboxylic acids is 3. The monoisotopic (exact) mass is 425 g/mol. The molecule has 0 bridgehead atoms. The van der Waals surface area contributed by atoms with Gasteiger partial charge in [-0.2, -0.15) is 4.73 Å². The number of carbonyl (C=O) groups is 3. The first-order valence-corrected chi connectivity index (χ1v) is 10.1. The quantitative estimate of drug-likeness (QED) is 0.381.